The van der Waals surface area contributed by atoms with Gasteiger partial charge in [0.25, 0.3) is 5.56 Å². The maximum Gasteiger partial charge on any atom is 0.423 e. The summed E-state index contributed by atoms with van der Waals surface area (Å²) in [5, 5.41) is 6.48. The number of rotatable bonds is 9. The van der Waals surface area contributed by atoms with E-state index in [0.717, 1.165) is 10.9 Å². The lowest BCUT2D eigenvalue weighted by molar-refractivity contribution is -0.160. The number of hydrogen-bond donors (Lipinski definition) is 1. The molecule has 8 nitrogen and oxygen atoms in total. The van der Waals surface area contributed by atoms with Crippen LogP contribution in [0.5, 0.6) is 5.75 Å². The van der Waals surface area contributed by atoms with Gasteiger partial charge in [-0.3, -0.25) is 4.79 Å². The van der Waals surface area contributed by atoms with Gasteiger partial charge >= 0.3 is 12.1 Å². The minimum Gasteiger partial charge on any atom is -0.497 e. The lowest BCUT2D eigenvalue weighted by Gasteiger charge is -2.21. The van der Waals surface area contributed by atoms with Gasteiger partial charge in [0.15, 0.2) is 0 Å². The molecule has 0 amide bonds. The number of halogens is 3. The van der Waals surface area contributed by atoms with Crippen LogP contribution in [0.1, 0.15) is 38.8 Å². The van der Waals surface area contributed by atoms with Gasteiger partial charge in [-0.15, -0.1) is 0 Å². The number of aromatic nitrogens is 2. The maximum atomic E-state index is 13.7. The predicted molar refractivity (Wildman–Crippen MR) is 115 cm³/mol. The Morgan fingerprint density at radius 1 is 1.18 bits per heavy atom. The van der Waals surface area contributed by atoms with Gasteiger partial charge in [-0.25, -0.2) is 9.48 Å². The van der Waals surface area contributed by atoms with Crippen LogP contribution in [0, 0.1) is 0 Å². The molecule has 0 saturated carbocycles. The standard InChI is InChI=1S/C22H28F3N3O5/c1-14(12-32-13-18(29)33-21(2,3)4)27-17-10-26-28(20(30)19(17)22(23,24)25)11-15-6-8-16(31-5)9-7-15/h6-10,14,27H,11-13H2,1-5H3/t14-/m0/s1. The van der Waals surface area contributed by atoms with Gasteiger partial charge < -0.3 is 19.5 Å². The zero-order valence-corrected chi connectivity index (χ0v) is 19.2. The van der Waals surface area contributed by atoms with Crippen molar-refractivity contribution in [2.24, 2.45) is 0 Å². The summed E-state index contributed by atoms with van der Waals surface area (Å²) in [7, 11) is 1.49. The summed E-state index contributed by atoms with van der Waals surface area (Å²) in [4.78, 5) is 24.3. The van der Waals surface area contributed by atoms with E-state index >= 15 is 0 Å². The van der Waals surface area contributed by atoms with Crippen LogP contribution in [0.15, 0.2) is 35.3 Å². The molecule has 0 fully saturated rings. The molecule has 0 radical (unpaired) electrons. The van der Waals surface area contributed by atoms with Crippen LogP contribution >= 0.6 is 0 Å². The summed E-state index contributed by atoms with van der Waals surface area (Å²) < 4.78 is 57.2. The molecule has 0 bridgehead atoms. The van der Waals surface area contributed by atoms with E-state index in [1.54, 1.807) is 52.0 Å². The minimum absolute atomic E-state index is 0.0918. The van der Waals surface area contributed by atoms with E-state index in [4.69, 9.17) is 14.2 Å². The van der Waals surface area contributed by atoms with Crippen LogP contribution in [0.4, 0.5) is 18.9 Å². The fraction of sp³-hybridized carbons (Fsp3) is 0.500. The molecule has 0 unspecified atom stereocenters. The zero-order valence-electron chi connectivity index (χ0n) is 19.2. The monoisotopic (exact) mass is 471 g/mol. The summed E-state index contributed by atoms with van der Waals surface area (Å²) in [6.07, 6.45) is -3.95. The molecule has 0 aliphatic carbocycles. The van der Waals surface area contributed by atoms with Gasteiger partial charge in [-0.2, -0.15) is 18.3 Å². The largest absolute Gasteiger partial charge is 0.497 e. The molecular weight excluding hydrogens is 443 g/mol. The molecule has 1 aromatic carbocycles. The van der Waals surface area contributed by atoms with Crippen LogP contribution in [-0.4, -0.2) is 47.7 Å². The predicted octanol–water partition coefficient (Wildman–Crippen LogP) is 3.48. The van der Waals surface area contributed by atoms with Crippen molar-refractivity contribution < 1.29 is 32.2 Å². The molecule has 0 aliphatic heterocycles. The smallest absolute Gasteiger partial charge is 0.423 e. The van der Waals surface area contributed by atoms with Crippen LogP contribution in [0.25, 0.3) is 0 Å². The number of benzene rings is 1. The van der Waals surface area contributed by atoms with E-state index in [0.29, 0.717) is 11.3 Å². The fourth-order valence-corrected chi connectivity index (χ4v) is 2.89. The number of esters is 1. The number of hydrogen-bond acceptors (Lipinski definition) is 7. The number of nitrogens with one attached hydrogen (secondary N) is 1. The Labute approximate surface area is 189 Å². The van der Waals surface area contributed by atoms with Gasteiger partial charge in [-0.05, 0) is 45.4 Å². The van der Waals surface area contributed by atoms with E-state index in [2.05, 4.69) is 10.4 Å². The number of carbonyl (C=O) groups excluding carboxylic acids is 1. The van der Waals surface area contributed by atoms with Crippen molar-refractivity contribution in [1.82, 2.24) is 9.78 Å². The number of alkyl halides is 3. The first-order valence-corrected chi connectivity index (χ1v) is 10.2. The SMILES string of the molecule is COc1ccc(Cn2ncc(N[C@@H](C)COCC(=O)OC(C)(C)C)c(C(F)(F)F)c2=O)cc1. The van der Waals surface area contributed by atoms with Crippen molar-refractivity contribution in [2.45, 2.75) is 52.1 Å². The van der Waals surface area contributed by atoms with Crippen LogP contribution in [0.3, 0.4) is 0 Å². The summed E-state index contributed by atoms with van der Waals surface area (Å²) >= 11 is 0. The Kier molecular flexibility index (Phi) is 8.48. The molecule has 33 heavy (non-hydrogen) atoms. The molecule has 0 aliphatic rings. The van der Waals surface area contributed by atoms with Crippen molar-refractivity contribution in [3.63, 3.8) is 0 Å². The molecule has 11 heteroatoms. The maximum absolute atomic E-state index is 13.7. The number of methoxy groups -OCH3 is 1. The van der Waals surface area contributed by atoms with Gasteiger partial charge in [-0.1, -0.05) is 12.1 Å². The Balaban J connectivity index is 2.12. The lowest BCUT2D eigenvalue weighted by Crippen LogP contribution is -2.34. The molecule has 2 aromatic rings. The van der Waals surface area contributed by atoms with Crippen molar-refractivity contribution in [2.75, 3.05) is 25.6 Å². The second-order valence-electron chi connectivity index (χ2n) is 8.39. The lowest BCUT2D eigenvalue weighted by atomic mass is 10.2. The summed E-state index contributed by atoms with van der Waals surface area (Å²) in [6, 6.07) is 5.90. The first-order valence-electron chi connectivity index (χ1n) is 10.2. The van der Waals surface area contributed by atoms with Crippen LogP contribution in [0.2, 0.25) is 0 Å². The number of ether oxygens (including phenoxy) is 3. The van der Waals surface area contributed by atoms with Crippen LogP contribution in [-0.2, 0) is 27.0 Å². The zero-order chi connectivity index (χ0) is 24.8. The second-order valence-corrected chi connectivity index (χ2v) is 8.39. The first kappa shape index (κ1) is 26.2. The van der Waals surface area contributed by atoms with E-state index in [9.17, 15) is 22.8 Å². The highest BCUT2D eigenvalue weighted by molar-refractivity contribution is 5.71. The van der Waals surface area contributed by atoms with Crippen molar-refractivity contribution in [1.29, 1.82) is 0 Å². The molecule has 1 N–H and O–H groups in total. The van der Waals surface area contributed by atoms with E-state index in [1.165, 1.54) is 7.11 Å². The quantitative estimate of drug-likeness (QED) is 0.560. The molecule has 0 spiro atoms. The Morgan fingerprint density at radius 3 is 2.36 bits per heavy atom. The topological polar surface area (TPSA) is 91.7 Å². The Bertz CT molecular complexity index is 998. The number of anilines is 1. The summed E-state index contributed by atoms with van der Waals surface area (Å²) in [5.41, 5.74) is -3.18. The van der Waals surface area contributed by atoms with E-state index < -0.39 is 40.6 Å². The average molecular weight is 471 g/mol. The fourth-order valence-electron chi connectivity index (χ4n) is 2.89. The normalized spacial score (nSPS) is 12.8. The van der Waals surface area contributed by atoms with Gasteiger partial charge in [0.05, 0.1) is 32.1 Å². The second kappa shape index (κ2) is 10.7. The first-order chi connectivity index (χ1) is 15.3. The molecule has 0 saturated heterocycles. The van der Waals surface area contributed by atoms with Crippen LogP contribution < -0.4 is 15.6 Å². The third kappa shape index (κ3) is 8.08. The van der Waals surface area contributed by atoms with E-state index in [-0.39, 0.29) is 19.8 Å². The summed E-state index contributed by atoms with van der Waals surface area (Å²) in [5.74, 6) is -0.00839. The minimum atomic E-state index is -4.90. The van der Waals surface area contributed by atoms with Crippen molar-refractivity contribution >= 4 is 11.7 Å². The van der Waals surface area contributed by atoms with Gasteiger partial charge in [0.1, 0.15) is 23.5 Å². The molecule has 1 heterocycles. The highest BCUT2D eigenvalue weighted by Crippen LogP contribution is 2.32. The third-order valence-electron chi connectivity index (χ3n) is 4.23. The molecular formula is C22H28F3N3O5. The van der Waals surface area contributed by atoms with Crippen molar-refractivity contribution in [3.8, 4) is 5.75 Å². The third-order valence-corrected chi connectivity index (χ3v) is 4.23. The molecule has 182 valence electrons. The highest BCUT2D eigenvalue weighted by Gasteiger charge is 2.38. The summed E-state index contributed by atoms with van der Waals surface area (Å²) in [6.45, 7) is 6.09. The Morgan fingerprint density at radius 2 is 1.82 bits per heavy atom. The Hall–Kier alpha value is -3.08. The van der Waals surface area contributed by atoms with Crippen molar-refractivity contribution in [3.05, 3.63) is 51.9 Å². The molecule has 2 rings (SSSR count). The van der Waals surface area contributed by atoms with E-state index in [1.807, 2.05) is 0 Å². The average Bonchev–Trinajstić information content (AvgIpc) is 2.68. The van der Waals surface area contributed by atoms with Gasteiger partial charge in [0, 0.05) is 6.04 Å². The highest BCUT2D eigenvalue weighted by atomic mass is 19.4. The number of nitrogens with zero attached hydrogens (tertiary/aromatic N) is 2. The molecule has 1 atom stereocenters. The van der Waals surface area contributed by atoms with Gasteiger partial charge in [0.2, 0.25) is 0 Å². The number of carbonyl (C=O) groups is 1. The molecule has 1 aromatic heterocycles.